The van der Waals surface area contributed by atoms with Crippen LogP contribution in [0, 0.1) is 11.6 Å². The van der Waals surface area contributed by atoms with Crippen LogP contribution in [0.15, 0.2) is 58.1 Å². The number of carbonyl (C=O) groups is 1. The second-order valence-corrected chi connectivity index (χ2v) is 8.38. The van der Waals surface area contributed by atoms with Crippen molar-refractivity contribution < 1.29 is 18.3 Å². The van der Waals surface area contributed by atoms with E-state index in [0.717, 1.165) is 37.7 Å². The molecule has 31 heavy (non-hydrogen) atoms. The molecule has 0 aromatic heterocycles. The Labute approximate surface area is 188 Å². The van der Waals surface area contributed by atoms with Gasteiger partial charge in [-0.25, -0.2) is 13.8 Å². The second-order valence-electron chi connectivity index (χ2n) is 7.52. The van der Waals surface area contributed by atoms with Gasteiger partial charge in [0, 0.05) is 42.2 Å². The monoisotopic (exact) mass is 489 g/mol. The number of aliphatic imine (C=N–C) groups is 1. The molecule has 8 heteroatoms. The molecule has 5 nitrogen and oxygen atoms in total. The first kappa shape index (κ1) is 21.5. The fraction of sp³-hybridized carbons (Fsp3) is 0.304. The number of benzene rings is 2. The third-order valence-corrected chi connectivity index (χ3v) is 5.87. The number of rotatable bonds is 4. The number of carbonyl (C=O) groups excluding carboxylic acids is 1. The van der Waals surface area contributed by atoms with Crippen molar-refractivity contribution in [2.75, 3.05) is 18.0 Å². The number of hydrogen-bond donors (Lipinski definition) is 0. The third-order valence-electron chi connectivity index (χ3n) is 5.33. The molecule has 2 aliphatic rings. The van der Waals surface area contributed by atoms with Gasteiger partial charge in [-0.2, -0.15) is 0 Å². The smallest absolute Gasteiger partial charge is 0.253 e. The van der Waals surface area contributed by atoms with E-state index >= 15 is 0 Å². The van der Waals surface area contributed by atoms with E-state index in [9.17, 15) is 13.6 Å². The Morgan fingerprint density at radius 2 is 1.97 bits per heavy atom. The summed E-state index contributed by atoms with van der Waals surface area (Å²) in [6, 6.07) is 10.8. The lowest BCUT2D eigenvalue weighted by Gasteiger charge is -2.30. The van der Waals surface area contributed by atoms with Crippen molar-refractivity contribution in [3.05, 3.63) is 75.9 Å². The van der Waals surface area contributed by atoms with Crippen molar-refractivity contribution in [1.82, 2.24) is 4.90 Å². The molecule has 0 spiro atoms. The van der Waals surface area contributed by atoms with E-state index in [1.807, 2.05) is 47.2 Å². The molecule has 0 aliphatic carbocycles. The van der Waals surface area contributed by atoms with Crippen LogP contribution >= 0.6 is 15.9 Å². The van der Waals surface area contributed by atoms with Gasteiger partial charge in [0.05, 0.1) is 4.48 Å². The van der Waals surface area contributed by atoms with Crippen molar-refractivity contribution >= 4 is 33.4 Å². The highest BCUT2D eigenvalue weighted by molar-refractivity contribution is 9.12. The standard InChI is InChI=1S/C23H22BrF2N3O2/c1-15-27-22(31-14-17-7-8-18(25)12-21(17)26)20(24)13-29(15)19-6-4-5-16(11-19)23(30)28-9-2-3-10-28/h4-8,11-13,15H,2-3,9-10,14H2,1H3. The molecule has 0 saturated carbocycles. The van der Waals surface area contributed by atoms with Crippen molar-refractivity contribution in [2.24, 2.45) is 4.99 Å². The molecule has 4 rings (SSSR count). The zero-order chi connectivity index (χ0) is 22.0. The number of halogens is 3. The summed E-state index contributed by atoms with van der Waals surface area (Å²) in [6.45, 7) is 3.43. The Kier molecular flexibility index (Phi) is 6.36. The van der Waals surface area contributed by atoms with Crippen molar-refractivity contribution in [2.45, 2.75) is 32.5 Å². The fourth-order valence-electron chi connectivity index (χ4n) is 3.66. The van der Waals surface area contributed by atoms with Crippen LogP contribution in [-0.2, 0) is 11.3 Å². The molecule has 1 saturated heterocycles. The number of likely N-dealkylation sites (tertiary alicyclic amines) is 1. The summed E-state index contributed by atoms with van der Waals surface area (Å²) in [6.07, 6.45) is 3.62. The topological polar surface area (TPSA) is 45.1 Å². The Morgan fingerprint density at radius 3 is 2.71 bits per heavy atom. The summed E-state index contributed by atoms with van der Waals surface area (Å²) in [4.78, 5) is 21.1. The number of anilines is 1. The lowest BCUT2D eigenvalue weighted by molar-refractivity contribution is 0.0793. The normalized spacial score (nSPS) is 18.6. The lowest BCUT2D eigenvalue weighted by Crippen LogP contribution is -2.32. The van der Waals surface area contributed by atoms with E-state index in [0.29, 0.717) is 15.9 Å². The minimum absolute atomic E-state index is 0.0425. The molecule has 1 fully saturated rings. The Bertz CT molecular complexity index is 1050. The van der Waals surface area contributed by atoms with Gasteiger partial charge in [-0.15, -0.1) is 0 Å². The van der Waals surface area contributed by atoms with Crippen LogP contribution in [0.5, 0.6) is 0 Å². The van der Waals surface area contributed by atoms with Crippen LogP contribution in [0.3, 0.4) is 0 Å². The third kappa shape index (κ3) is 4.79. The largest absolute Gasteiger partial charge is 0.472 e. The fourth-order valence-corrected chi connectivity index (χ4v) is 4.10. The highest BCUT2D eigenvalue weighted by atomic mass is 79.9. The minimum atomic E-state index is -0.661. The maximum absolute atomic E-state index is 13.9. The molecule has 2 heterocycles. The van der Waals surface area contributed by atoms with Crippen LogP contribution in [0.1, 0.15) is 35.7 Å². The summed E-state index contributed by atoms with van der Waals surface area (Å²) >= 11 is 3.46. The number of hydrogen-bond acceptors (Lipinski definition) is 4. The van der Waals surface area contributed by atoms with Gasteiger partial charge in [0.2, 0.25) is 5.90 Å². The van der Waals surface area contributed by atoms with Crippen LogP contribution in [0.4, 0.5) is 14.5 Å². The van der Waals surface area contributed by atoms with Gasteiger partial charge in [0.1, 0.15) is 24.4 Å². The lowest BCUT2D eigenvalue weighted by atomic mass is 10.1. The Morgan fingerprint density at radius 1 is 1.19 bits per heavy atom. The van der Waals surface area contributed by atoms with Crippen LogP contribution in [0.2, 0.25) is 0 Å². The van der Waals surface area contributed by atoms with Crippen LogP contribution < -0.4 is 4.90 Å². The van der Waals surface area contributed by atoms with Gasteiger partial charge in [0.25, 0.3) is 5.91 Å². The van der Waals surface area contributed by atoms with Gasteiger partial charge in [-0.3, -0.25) is 4.79 Å². The molecule has 1 atom stereocenters. The zero-order valence-electron chi connectivity index (χ0n) is 17.0. The van der Waals surface area contributed by atoms with E-state index < -0.39 is 11.6 Å². The first-order chi connectivity index (χ1) is 14.9. The summed E-state index contributed by atoms with van der Waals surface area (Å²) in [7, 11) is 0. The van der Waals surface area contributed by atoms with Gasteiger partial charge in [-0.05, 0) is 66.0 Å². The number of nitrogens with zero attached hydrogens (tertiary/aromatic N) is 3. The van der Waals surface area contributed by atoms with E-state index in [1.54, 1.807) is 0 Å². The van der Waals surface area contributed by atoms with Gasteiger partial charge >= 0.3 is 0 Å². The van der Waals surface area contributed by atoms with Gasteiger partial charge in [0.15, 0.2) is 0 Å². The van der Waals surface area contributed by atoms with E-state index in [1.165, 1.54) is 12.1 Å². The predicted molar refractivity (Wildman–Crippen MR) is 119 cm³/mol. The van der Waals surface area contributed by atoms with Gasteiger partial charge < -0.3 is 14.5 Å². The molecular formula is C23H22BrF2N3O2. The molecule has 2 aromatic rings. The molecule has 162 valence electrons. The Balaban J connectivity index is 1.48. The van der Waals surface area contributed by atoms with Crippen molar-refractivity contribution in [3.8, 4) is 0 Å². The average molecular weight is 490 g/mol. The number of ether oxygens (including phenoxy) is 1. The maximum Gasteiger partial charge on any atom is 0.253 e. The second kappa shape index (κ2) is 9.18. The first-order valence-corrected chi connectivity index (χ1v) is 10.9. The SMILES string of the molecule is CC1N=C(OCc2ccc(F)cc2F)C(Br)=CN1c1cccc(C(=O)N2CCCC2)c1. The zero-order valence-corrected chi connectivity index (χ0v) is 18.6. The molecule has 0 bridgehead atoms. The Hall–Kier alpha value is -2.74. The average Bonchev–Trinajstić information content (AvgIpc) is 3.29. The summed E-state index contributed by atoms with van der Waals surface area (Å²) in [5.74, 6) is -0.921. The highest BCUT2D eigenvalue weighted by Crippen LogP contribution is 2.28. The summed E-state index contributed by atoms with van der Waals surface area (Å²) in [5.41, 5.74) is 1.73. The molecule has 2 aromatic carbocycles. The number of amides is 1. The predicted octanol–water partition coefficient (Wildman–Crippen LogP) is 5.22. The van der Waals surface area contributed by atoms with E-state index in [-0.39, 0.29) is 24.2 Å². The maximum atomic E-state index is 13.9. The van der Waals surface area contributed by atoms with E-state index in [2.05, 4.69) is 20.9 Å². The molecule has 1 unspecified atom stereocenters. The van der Waals surface area contributed by atoms with Gasteiger partial charge in [-0.1, -0.05) is 6.07 Å². The summed E-state index contributed by atoms with van der Waals surface area (Å²) in [5, 5.41) is 0. The molecule has 0 radical (unpaired) electrons. The molecule has 1 amide bonds. The summed E-state index contributed by atoms with van der Waals surface area (Å²) < 4.78 is 33.2. The highest BCUT2D eigenvalue weighted by Gasteiger charge is 2.24. The first-order valence-electron chi connectivity index (χ1n) is 10.1. The van der Waals surface area contributed by atoms with Crippen molar-refractivity contribution in [1.29, 1.82) is 0 Å². The minimum Gasteiger partial charge on any atom is -0.472 e. The van der Waals surface area contributed by atoms with Crippen LogP contribution in [-0.4, -0.2) is 36.0 Å². The molecular weight excluding hydrogens is 468 g/mol. The van der Waals surface area contributed by atoms with Crippen LogP contribution in [0.25, 0.3) is 0 Å². The quantitative estimate of drug-likeness (QED) is 0.591. The van der Waals surface area contributed by atoms with Crippen molar-refractivity contribution in [3.63, 3.8) is 0 Å². The van der Waals surface area contributed by atoms with E-state index in [4.69, 9.17) is 4.74 Å². The molecule has 0 N–H and O–H groups in total. The molecule has 2 aliphatic heterocycles.